The first kappa shape index (κ1) is 20.8. The van der Waals surface area contributed by atoms with Crippen molar-refractivity contribution in [2.24, 2.45) is 5.92 Å². The number of methoxy groups -OCH3 is 2. The predicted molar refractivity (Wildman–Crippen MR) is 111 cm³/mol. The van der Waals surface area contributed by atoms with Crippen LogP contribution < -0.4 is 24.3 Å². The molecular weight excluding hydrogens is 370 g/mol. The Morgan fingerprint density at radius 2 is 1.72 bits per heavy atom. The third kappa shape index (κ3) is 5.13. The minimum atomic E-state index is -0.0206. The number of carbonyl (C=O) groups is 1. The maximum absolute atomic E-state index is 12.5. The Balaban J connectivity index is 1.64. The van der Waals surface area contributed by atoms with Crippen LogP contribution in [0.25, 0.3) is 0 Å². The molecule has 0 spiro atoms. The van der Waals surface area contributed by atoms with Crippen molar-refractivity contribution in [1.29, 1.82) is 0 Å². The van der Waals surface area contributed by atoms with Gasteiger partial charge in [0.15, 0.2) is 23.0 Å². The number of rotatable bonds is 8. The Labute approximate surface area is 172 Å². The van der Waals surface area contributed by atoms with Gasteiger partial charge in [-0.25, -0.2) is 0 Å². The zero-order valence-corrected chi connectivity index (χ0v) is 17.5. The molecule has 29 heavy (non-hydrogen) atoms. The third-order valence-electron chi connectivity index (χ3n) is 5.13. The van der Waals surface area contributed by atoms with Crippen molar-refractivity contribution < 1.29 is 23.7 Å². The van der Waals surface area contributed by atoms with Gasteiger partial charge in [0.2, 0.25) is 5.91 Å². The first-order valence-corrected chi connectivity index (χ1v) is 9.89. The molecule has 2 aromatic rings. The normalized spacial score (nSPS) is 13.7. The molecule has 1 atom stereocenters. The highest BCUT2D eigenvalue weighted by molar-refractivity contribution is 5.78. The van der Waals surface area contributed by atoms with Crippen molar-refractivity contribution in [3.05, 3.63) is 47.5 Å². The lowest BCUT2D eigenvalue weighted by molar-refractivity contribution is -0.120. The van der Waals surface area contributed by atoms with Gasteiger partial charge >= 0.3 is 0 Å². The number of hydrogen-bond acceptors (Lipinski definition) is 5. The van der Waals surface area contributed by atoms with Crippen LogP contribution in [0, 0.1) is 5.92 Å². The maximum Gasteiger partial charge on any atom is 0.224 e. The monoisotopic (exact) mass is 399 g/mol. The summed E-state index contributed by atoms with van der Waals surface area (Å²) >= 11 is 0. The summed E-state index contributed by atoms with van der Waals surface area (Å²) in [5, 5.41) is 3.07. The number of carbonyl (C=O) groups excluding carboxylic acids is 1. The van der Waals surface area contributed by atoms with E-state index in [2.05, 4.69) is 19.2 Å². The van der Waals surface area contributed by atoms with Crippen LogP contribution in [0.15, 0.2) is 36.4 Å². The molecule has 6 heteroatoms. The van der Waals surface area contributed by atoms with Gasteiger partial charge in [-0.2, -0.15) is 0 Å². The Hall–Kier alpha value is -2.89. The van der Waals surface area contributed by atoms with E-state index in [0.717, 1.165) is 16.9 Å². The van der Waals surface area contributed by atoms with Crippen molar-refractivity contribution in [2.45, 2.75) is 26.2 Å². The van der Waals surface area contributed by atoms with E-state index in [1.54, 1.807) is 14.2 Å². The molecule has 0 aromatic heterocycles. The van der Waals surface area contributed by atoms with Gasteiger partial charge in [0.05, 0.1) is 20.6 Å². The van der Waals surface area contributed by atoms with Crippen molar-refractivity contribution in [1.82, 2.24) is 5.32 Å². The first-order valence-electron chi connectivity index (χ1n) is 9.89. The lowest BCUT2D eigenvalue weighted by atomic mass is 9.88. The molecule has 0 radical (unpaired) electrons. The fourth-order valence-electron chi connectivity index (χ4n) is 3.49. The average molecular weight is 399 g/mol. The summed E-state index contributed by atoms with van der Waals surface area (Å²) in [4.78, 5) is 12.5. The van der Waals surface area contributed by atoms with Crippen LogP contribution in [0.4, 0.5) is 0 Å². The minimum Gasteiger partial charge on any atom is -0.493 e. The van der Waals surface area contributed by atoms with Crippen LogP contribution in [0.3, 0.4) is 0 Å². The van der Waals surface area contributed by atoms with Gasteiger partial charge in [-0.15, -0.1) is 0 Å². The fraction of sp³-hybridized carbons (Fsp3) is 0.435. The second-order valence-corrected chi connectivity index (χ2v) is 7.42. The summed E-state index contributed by atoms with van der Waals surface area (Å²) in [5.74, 6) is 3.31. The molecule has 0 fully saturated rings. The highest BCUT2D eigenvalue weighted by atomic mass is 16.6. The molecule has 6 nitrogen and oxygen atoms in total. The third-order valence-corrected chi connectivity index (χ3v) is 5.13. The molecule has 1 aliphatic rings. The smallest absolute Gasteiger partial charge is 0.224 e. The fourth-order valence-corrected chi connectivity index (χ4v) is 3.49. The van der Waals surface area contributed by atoms with E-state index in [1.165, 1.54) is 0 Å². The van der Waals surface area contributed by atoms with Gasteiger partial charge in [-0.3, -0.25) is 4.79 Å². The van der Waals surface area contributed by atoms with Crippen molar-refractivity contribution in [2.75, 3.05) is 34.0 Å². The van der Waals surface area contributed by atoms with Crippen LogP contribution in [-0.2, 0) is 11.2 Å². The van der Waals surface area contributed by atoms with Gasteiger partial charge in [-0.1, -0.05) is 26.0 Å². The van der Waals surface area contributed by atoms with Crippen LogP contribution in [0.2, 0.25) is 0 Å². The van der Waals surface area contributed by atoms with Gasteiger partial charge in [0, 0.05) is 12.5 Å². The molecule has 0 saturated carbocycles. The molecule has 0 saturated heterocycles. The van der Waals surface area contributed by atoms with Crippen LogP contribution in [0.1, 0.15) is 30.9 Å². The highest BCUT2D eigenvalue weighted by Gasteiger charge is 2.19. The van der Waals surface area contributed by atoms with Gasteiger partial charge < -0.3 is 24.3 Å². The molecule has 1 amide bonds. The predicted octanol–water partition coefficient (Wildman–Crippen LogP) is 3.57. The molecule has 1 unspecified atom stereocenters. The van der Waals surface area contributed by atoms with E-state index >= 15 is 0 Å². The molecule has 3 rings (SSSR count). The van der Waals surface area contributed by atoms with Gasteiger partial charge in [0.1, 0.15) is 13.2 Å². The largest absolute Gasteiger partial charge is 0.493 e. The van der Waals surface area contributed by atoms with Crippen LogP contribution in [-0.4, -0.2) is 39.9 Å². The van der Waals surface area contributed by atoms with Crippen molar-refractivity contribution >= 4 is 5.91 Å². The van der Waals surface area contributed by atoms with E-state index in [1.807, 2.05) is 36.4 Å². The Kier molecular flexibility index (Phi) is 6.86. The number of nitrogens with one attached hydrogen (secondary N) is 1. The number of benzene rings is 2. The van der Waals surface area contributed by atoms with E-state index in [9.17, 15) is 4.79 Å². The summed E-state index contributed by atoms with van der Waals surface area (Å²) in [6.07, 6.45) is 0.299. The van der Waals surface area contributed by atoms with Gasteiger partial charge in [0.25, 0.3) is 0 Å². The molecule has 2 aromatic carbocycles. The Morgan fingerprint density at radius 3 is 2.41 bits per heavy atom. The molecule has 0 bridgehead atoms. The summed E-state index contributed by atoms with van der Waals surface area (Å²) < 4.78 is 21.9. The summed E-state index contributed by atoms with van der Waals surface area (Å²) in [6.45, 7) is 5.93. The molecule has 1 heterocycles. The molecule has 156 valence electrons. The number of fused-ring (bicyclic) bond motifs is 1. The highest BCUT2D eigenvalue weighted by Crippen LogP contribution is 2.33. The lowest BCUT2D eigenvalue weighted by Gasteiger charge is -2.23. The zero-order chi connectivity index (χ0) is 20.8. The summed E-state index contributed by atoms with van der Waals surface area (Å²) in [5.41, 5.74) is 2.01. The minimum absolute atomic E-state index is 0.0206. The Morgan fingerprint density at radius 1 is 1.00 bits per heavy atom. The standard InChI is InChI=1S/C23H29NO5/c1-15(2)18(17-6-8-19(26-3)21(13-17)27-4)14-24-23(25)12-16-5-7-20-22(11-16)29-10-9-28-20/h5-8,11,13,15,18H,9-10,12,14H2,1-4H3,(H,24,25). The number of amides is 1. The first-order chi connectivity index (χ1) is 14.0. The quantitative estimate of drug-likeness (QED) is 0.735. The Bertz CT molecular complexity index is 849. The molecule has 0 aliphatic carbocycles. The maximum atomic E-state index is 12.5. The zero-order valence-electron chi connectivity index (χ0n) is 17.5. The lowest BCUT2D eigenvalue weighted by Crippen LogP contribution is -2.31. The van der Waals surface area contributed by atoms with Crippen LogP contribution >= 0.6 is 0 Å². The van der Waals surface area contributed by atoms with Crippen LogP contribution in [0.5, 0.6) is 23.0 Å². The average Bonchev–Trinajstić information content (AvgIpc) is 2.73. The topological polar surface area (TPSA) is 66.0 Å². The molecule has 1 N–H and O–H groups in total. The number of hydrogen-bond donors (Lipinski definition) is 1. The molecule has 1 aliphatic heterocycles. The van der Waals surface area contributed by atoms with E-state index < -0.39 is 0 Å². The summed E-state index contributed by atoms with van der Waals surface area (Å²) in [6, 6.07) is 11.6. The van der Waals surface area contributed by atoms with Crippen molar-refractivity contribution in [3.63, 3.8) is 0 Å². The molecular formula is C23H29NO5. The van der Waals surface area contributed by atoms with E-state index in [-0.39, 0.29) is 11.8 Å². The second kappa shape index (κ2) is 9.54. The van der Waals surface area contributed by atoms with E-state index in [4.69, 9.17) is 18.9 Å². The van der Waals surface area contributed by atoms with Gasteiger partial charge in [-0.05, 0) is 41.3 Å². The SMILES string of the molecule is COc1ccc(C(CNC(=O)Cc2ccc3c(c2)OCCO3)C(C)C)cc1OC. The second-order valence-electron chi connectivity index (χ2n) is 7.42. The van der Waals surface area contributed by atoms with E-state index in [0.29, 0.717) is 49.3 Å². The summed E-state index contributed by atoms with van der Waals surface area (Å²) in [7, 11) is 3.25. The van der Waals surface area contributed by atoms with Crippen molar-refractivity contribution in [3.8, 4) is 23.0 Å². The number of ether oxygens (including phenoxy) is 4.